The van der Waals surface area contributed by atoms with Crippen LogP contribution in [0.4, 0.5) is 5.69 Å². The summed E-state index contributed by atoms with van der Waals surface area (Å²) in [7, 11) is 0. The Morgan fingerprint density at radius 1 is 0.820 bits per heavy atom. The zero-order chi connectivity index (χ0) is 35.4. The molecule has 50 heavy (non-hydrogen) atoms. The number of imide groups is 2. The molecule has 2 N–H and O–H groups in total. The second-order valence-corrected chi connectivity index (χ2v) is 16.1. The van der Waals surface area contributed by atoms with E-state index >= 15 is 0 Å². The van der Waals surface area contributed by atoms with E-state index in [1.807, 2.05) is 30.3 Å². The van der Waals surface area contributed by atoms with Crippen molar-refractivity contribution < 1.29 is 24.0 Å². The first-order valence-corrected chi connectivity index (χ1v) is 18.1. The van der Waals surface area contributed by atoms with Crippen LogP contribution in [0.1, 0.15) is 109 Å². The maximum absolute atomic E-state index is 13.3. The van der Waals surface area contributed by atoms with Crippen LogP contribution < -0.4 is 15.5 Å². The van der Waals surface area contributed by atoms with Crippen molar-refractivity contribution in [2.45, 2.75) is 90.8 Å². The zero-order valence-electron chi connectivity index (χ0n) is 29.5. The summed E-state index contributed by atoms with van der Waals surface area (Å²) in [6.45, 7) is 12.6. The minimum absolute atomic E-state index is 0.0224. The first-order valence-electron chi connectivity index (χ1n) is 18.1. The second kappa shape index (κ2) is 13.0. The fourth-order valence-corrected chi connectivity index (χ4v) is 9.35. The lowest BCUT2D eigenvalue weighted by Crippen LogP contribution is -2.63. The highest BCUT2D eigenvalue weighted by molar-refractivity contribution is 6.23. The molecular formula is C40H47N5O5. The predicted molar refractivity (Wildman–Crippen MR) is 189 cm³/mol. The van der Waals surface area contributed by atoms with Gasteiger partial charge in [0.1, 0.15) is 6.04 Å². The summed E-state index contributed by atoms with van der Waals surface area (Å²) in [5.41, 5.74) is 3.36. The van der Waals surface area contributed by atoms with Crippen molar-refractivity contribution in [3.63, 3.8) is 0 Å². The van der Waals surface area contributed by atoms with Crippen molar-refractivity contribution in [3.05, 3.63) is 64.7 Å². The molecule has 1 atom stereocenters. The molecule has 262 valence electrons. The third-order valence-electron chi connectivity index (χ3n) is 11.6. The normalized spacial score (nSPS) is 24.3. The Morgan fingerprint density at radius 3 is 2.12 bits per heavy atom. The van der Waals surface area contributed by atoms with Crippen LogP contribution in [0.2, 0.25) is 0 Å². The fraction of sp³-hybridized carbons (Fsp3) is 0.525. The number of nitrogens with zero attached hydrogens (tertiary/aromatic N) is 3. The molecule has 2 aromatic carbocycles. The van der Waals surface area contributed by atoms with Crippen LogP contribution >= 0.6 is 0 Å². The minimum atomic E-state index is -0.960. The van der Waals surface area contributed by atoms with E-state index in [0.717, 1.165) is 74.4 Å². The van der Waals surface area contributed by atoms with Gasteiger partial charge in [-0.05, 0) is 105 Å². The summed E-state index contributed by atoms with van der Waals surface area (Å²) in [5, 5.41) is 5.50. The van der Waals surface area contributed by atoms with Crippen LogP contribution in [0.15, 0.2) is 42.5 Å². The Bertz CT molecular complexity index is 1770. The highest BCUT2D eigenvalue weighted by atomic mass is 16.2. The Morgan fingerprint density at radius 2 is 1.48 bits per heavy atom. The summed E-state index contributed by atoms with van der Waals surface area (Å²) < 4.78 is 0. The van der Waals surface area contributed by atoms with E-state index in [4.69, 9.17) is 0 Å². The van der Waals surface area contributed by atoms with E-state index in [9.17, 15) is 24.0 Å². The number of hydrogen-bond acceptors (Lipinski definition) is 7. The molecule has 1 unspecified atom stereocenters. The van der Waals surface area contributed by atoms with E-state index < -0.39 is 23.8 Å². The number of nitrogens with one attached hydrogen (secondary N) is 2. The highest BCUT2D eigenvalue weighted by Gasteiger charge is 2.53. The summed E-state index contributed by atoms with van der Waals surface area (Å²) in [4.78, 5) is 69.2. The van der Waals surface area contributed by atoms with Gasteiger partial charge in [-0.15, -0.1) is 0 Å². The lowest BCUT2D eigenvalue weighted by atomic mass is 9.52. The average Bonchev–Trinajstić information content (AvgIpc) is 3.34. The number of likely N-dealkylation sites (tertiary alicyclic amines) is 1. The number of carbonyl (C=O) groups is 5. The maximum atomic E-state index is 13.3. The minimum Gasteiger partial charge on any atom is -0.371 e. The van der Waals surface area contributed by atoms with Crippen LogP contribution in [-0.4, -0.2) is 83.6 Å². The number of piperidine rings is 3. The standard InChI is InChI=1S/C40H47N5O5/c1-39(2)24-40(3,4)38(39)42-34(47)27-9-7-25(8-10-27)5-6-26-15-19-43(20-16-26)28-17-21-44(22-18-28)29-11-12-30-31(23-29)37(50)45(36(30)49)32-13-14-33(46)41-35(32)48/h7-12,23,26,28,32,38H,13-22,24H2,1-4H3,(H,42,47)(H,41,46,48). The quantitative estimate of drug-likeness (QED) is 0.357. The van der Waals surface area contributed by atoms with Gasteiger partial charge in [-0.25, -0.2) is 0 Å². The van der Waals surface area contributed by atoms with Gasteiger partial charge in [-0.1, -0.05) is 39.5 Å². The highest BCUT2D eigenvalue weighted by Crippen LogP contribution is 2.53. The summed E-state index contributed by atoms with van der Waals surface area (Å²) in [6, 6.07) is 12.7. The number of rotatable bonds is 5. The van der Waals surface area contributed by atoms with Gasteiger partial charge in [0.05, 0.1) is 11.1 Å². The molecule has 10 heteroatoms. The SMILES string of the molecule is CC1(C)CC(C)(C)C1NC(=O)c1ccc(C#CC2CCN(C3CCN(c4ccc5c(c4)C(=O)N(C4CCC(=O)NC4=O)C5=O)CC3)CC2)cc1. The number of fused-ring (bicyclic) bond motifs is 1. The van der Waals surface area contributed by atoms with Gasteiger partial charge >= 0.3 is 0 Å². The monoisotopic (exact) mass is 677 g/mol. The van der Waals surface area contributed by atoms with Gasteiger partial charge in [-0.3, -0.25) is 34.2 Å². The first-order chi connectivity index (χ1) is 23.8. The van der Waals surface area contributed by atoms with Crippen molar-refractivity contribution in [1.82, 2.24) is 20.4 Å². The van der Waals surface area contributed by atoms with Crippen LogP contribution in [0.3, 0.4) is 0 Å². The molecule has 3 saturated heterocycles. The molecular weight excluding hydrogens is 630 g/mol. The molecule has 1 saturated carbocycles. The molecule has 4 aliphatic heterocycles. The second-order valence-electron chi connectivity index (χ2n) is 16.1. The molecule has 10 nitrogen and oxygen atoms in total. The van der Waals surface area contributed by atoms with Crippen LogP contribution in [0, 0.1) is 28.6 Å². The number of anilines is 1. The van der Waals surface area contributed by atoms with Crippen molar-refractivity contribution in [2.24, 2.45) is 16.7 Å². The Labute approximate surface area is 294 Å². The average molecular weight is 678 g/mol. The third kappa shape index (κ3) is 6.44. The van der Waals surface area contributed by atoms with Gasteiger partial charge < -0.3 is 15.1 Å². The summed E-state index contributed by atoms with van der Waals surface area (Å²) >= 11 is 0. The van der Waals surface area contributed by atoms with E-state index in [-0.39, 0.29) is 41.5 Å². The van der Waals surface area contributed by atoms with E-state index in [1.54, 1.807) is 12.1 Å². The molecule has 5 amide bonds. The van der Waals surface area contributed by atoms with Crippen molar-refractivity contribution in [1.29, 1.82) is 0 Å². The number of carbonyl (C=O) groups excluding carboxylic acids is 5. The maximum Gasteiger partial charge on any atom is 0.262 e. The molecule has 0 aromatic heterocycles. The smallest absolute Gasteiger partial charge is 0.262 e. The largest absolute Gasteiger partial charge is 0.371 e. The lowest BCUT2D eigenvalue weighted by Gasteiger charge is -2.57. The van der Waals surface area contributed by atoms with Crippen molar-refractivity contribution in [2.75, 3.05) is 31.1 Å². The van der Waals surface area contributed by atoms with Crippen LogP contribution in [-0.2, 0) is 9.59 Å². The number of benzene rings is 2. The molecule has 1 aliphatic carbocycles. The molecule has 0 bridgehead atoms. The number of amides is 5. The Balaban J connectivity index is 0.881. The van der Waals surface area contributed by atoms with E-state index in [0.29, 0.717) is 28.7 Å². The Kier molecular flexibility index (Phi) is 8.83. The Hall–Kier alpha value is -4.49. The number of hydrogen-bond donors (Lipinski definition) is 2. The molecule has 0 spiro atoms. The fourth-order valence-electron chi connectivity index (χ4n) is 9.35. The van der Waals surface area contributed by atoms with Crippen molar-refractivity contribution in [3.8, 4) is 11.8 Å². The molecule has 7 rings (SSSR count). The van der Waals surface area contributed by atoms with E-state index in [2.05, 4.69) is 60.0 Å². The summed E-state index contributed by atoms with van der Waals surface area (Å²) in [6.07, 6.45) is 5.43. The topological polar surface area (TPSA) is 119 Å². The molecule has 5 aliphatic rings. The van der Waals surface area contributed by atoms with Crippen LogP contribution in [0.25, 0.3) is 0 Å². The van der Waals surface area contributed by atoms with Gasteiger partial charge in [0, 0.05) is 54.3 Å². The molecule has 2 aromatic rings. The molecule has 0 radical (unpaired) electrons. The van der Waals surface area contributed by atoms with Gasteiger partial charge in [0.15, 0.2) is 0 Å². The first kappa shape index (κ1) is 34.0. The zero-order valence-corrected chi connectivity index (χ0v) is 29.5. The summed E-state index contributed by atoms with van der Waals surface area (Å²) in [5.74, 6) is 5.23. The van der Waals surface area contributed by atoms with Gasteiger partial charge in [-0.2, -0.15) is 0 Å². The van der Waals surface area contributed by atoms with Crippen LogP contribution in [0.5, 0.6) is 0 Å². The third-order valence-corrected chi connectivity index (χ3v) is 11.6. The van der Waals surface area contributed by atoms with Gasteiger partial charge in [0.2, 0.25) is 11.8 Å². The predicted octanol–water partition coefficient (Wildman–Crippen LogP) is 4.37. The lowest BCUT2D eigenvalue weighted by molar-refractivity contribution is -0.136. The van der Waals surface area contributed by atoms with Crippen molar-refractivity contribution >= 4 is 35.2 Å². The molecule has 4 heterocycles. The molecule has 4 fully saturated rings. The van der Waals surface area contributed by atoms with Gasteiger partial charge in [0.25, 0.3) is 17.7 Å². The van der Waals surface area contributed by atoms with E-state index in [1.165, 1.54) is 0 Å².